The van der Waals surface area contributed by atoms with E-state index in [2.05, 4.69) is 142 Å². The lowest BCUT2D eigenvalue weighted by molar-refractivity contribution is -0.161. The molecule has 99 heavy (non-hydrogen) atoms. The first-order valence-corrected chi connectivity index (χ1v) is 41.8. The number of aliphatic hydroxyl groups is 2. The summed E-state index contributed by atoms with van der Waals surface area (Å²) in [5.74, 6) is -1.60. The number of rotatable bonds is 73. The van der Waals surface area contributed by atoms with Gasteiger partial charge in [-0.1, -0.05) is 284 Å². The minimum absolute atomic E-state index is 0.0848. The van der Waals surface area contributed by atoms with Gasteiger partial charge >= 0.3 is 33.6 Å². The van der Waals surface area contributed by atoms with Crippen LogP contribution in [0.25, 0.3) is 0 Å². The molecule has 0 aromatic heterocycles. The monoisotopic (exact) mass is 1430 g/mol. The van der Waals surface area contributed by atoms with Gasteiger partial charge in [0.2, 0.25) is 0 Å². The fraction of sp³-hybridized carbons (Fsp3) is 0.716. The number of ether oxygens (including phenoxy) is 3. The van der Waals surface area contributed by atoms with E-state index in [1.807, 2.05) is 0 Å². The van der Waals surface area contributed by atoms with Crippen LogP contribution in [0, 0.1) is 0 Å². The van der Waals surface area contributed by atoms with Gasteiger partial charge in [-0.2, -0.15) is 0 Å². The molecule has 0 aliphatic rings. The third-order valence-corrected chi connectivity index (χ3v) is 18.0. The molecule has 570 valence electrons. The maximum Gasteiger partial charge on any atom is 0.472 e. The average molecular weight is 1430 g/mol. The molecule has 0 aromatic rings. The highest BCUT2D eigenvalue weighted by Gasteiger charge is 2.29. The van der Waals surface area contributed by atoms with E-state index in [-0.39, 0.29) is 19.3 Å². The van der Waals surface area contributed by atoms with Crippen LogP contribution in [0.4, 0.5) is 0 Å². The topological polar surface area (TPSA) is 231 Å². The van der Waals surface area contributed by atoms with Crippen LogP contribution in [0.3, 0.4) is 0 Å². The summed E-state index contributed by atoms with van der Waals surface area (Å²) in [6.45, 7) is 2.54. The van der Waals surface area contributed by atoms with E-state index < -0.39 is 91.5 Å². The van der Waals surface area contributed by atoms with Crippen molar-refractivity contribution in [1.29, 1.82) is 0 Å². The van der Waals surface area contributed by atoms with Gasteiger partial charge in [0.05, 0.1) is 26.4 Å². The normalized spacial score (nSPS) is 14.7. The first-order chi connectivity index (χ1) is 48.2. The van der Waals surface area contributed by atoms with Gasteiger partial charge in [-0.25, -0.2) is 9.13 Å². The van der Waals surface area contributed by atoms with Crippen molar-refractivity contribution in [1.82, 2.24) is 0 Å². The number of unbranched alkanes of at least 4 members (excludes halogenated alkanes) is 30. The molecule has 0 saturated carbocycles. The molecule has 0 aliphatic carbocycles. The standard InChI is InChI=1S/C81H140O16P2/c1-4-7-10-13-16-19-22-25-27-29-31-33-35-37-39-41-43-45-47-50-52-55-58-61-64-67-79(84)91-70-76(82)71-93-98(87,88)94-72-77(83)73-95-99(89,90)96-75-78(97-81(86)69-66-63-60-57-54-49-24-21-18-15-12-9-6-3)74-92-80(85)68-65-62-59-56-53-51-48-46-44-42-40-38-36-34-32-30-28-26-23-20-17-14-11-8-5-2/h12,15-17,19-21,24-28,31-34,37-40,76-78,82-83H,4-11,13-14,18,22-23,29-30,35-36,41-75H2,1-3H3,(H,87,88)(H,89,90)/b15-12-,19-16-,20-17-,24-21-,27-25-,28-26-,33-31-,34-32-,39-37-,40-38-. The van der Waals surface area contributed by atoms with Gasteiger partial charge in [0.15, 0.2) is 6.10 Å². The van der Waals surface area contributed by atoms with Crippen LogP contribution < -0.4 is 0 Å². The van der Waals surface area contributed by atoms with Crippen molar-refractivity contribution in [2.45, 2.75) is 334 Å². The number of esters is 3. The van der Waals surface area contributed by atoms with Crippen LogP contribution in [0.2, 0.25) is 0 Å². The molecule has 0 saturated heterocycles. The van der Waals surface area contributed by atoms with Gasteiger partial charge in [-0.3, -0.25) is 32.5 Å². The Kier molecular flexibility index (Phi) is 70.7. The van der Waals surface area contributed by atoms with E-state index in [4.69, 9.17) is 32.3 Å². The van der Waals surface area contributed by atoms with Crippen LogP contribution in [0.15, 0.2) is 122 Å². The molecule has 0 radical (unpaired) electrons. The van der Waals surface area contributed by atoms with Crippen LogP contribution in [-0.4, -0.2) is 95.9 Å². The molecule has 16 nitrogen and oxygen atoms in total. The number of phosphoric acid groups is 2. The summed E-state index contributed by atoms with van der Waals surface area (Å²) in [6.07, 6.45) is 86.7. The number of carbonyl (C=O) groups excluding carboxylic acids is 3. The average Bonchev–Trinajstić information content (AvgIpc) is 3.41. The zero-order valence-electron chi connectivity index (χ0n) is 62.1. The van der Waals surface area contributed by atoms with Crippen LogP contribution in [0.1, 0.15) is 316 Å². The van der Waals surface area contributed by atoms with Crippen LogP contribution in [0.5, 0.6) is 0 Å². The summed E-state index contributed by atoms with van der Waals surface area (Å²) in [7, 11) is -9.79. The highest BCUT2D eigenvalue weighted by atomic mass is 31.2. The summed E-state index contributed by atoms with van der Waals surface area (Å²) in [6, 6.07) is 0. The number of phosphoric ester groups is 2. The predicted octanol–water partition coefficient (Wildman–Crippen LogP) is 22.5. The SMILES string of the molecule is CCC/C=C\C/C=C\CCCCCCCC(=O)OC(COC(=O)CCCCCCCCCCC/C=C\C/C=C\C/C=C\C/C=C\CCCCC)COP(=O)(O)OCC(O)COP(=O)(O)OCC(O)COC(=O)CCCCCCCCCCC/C=C\C/C=C\C/C=C\C/C=C\CCCCC. The smallest absolute Gasteiger partial charge is 0.463 e. The molecule has 0 amide bonds. The van der Waals surface area contributed by atoms with Crippen LogP contribution >= 0.6 is 15.6 Å². The maximum absolute atomic E-state index is 12.9. The zero-order valence-corrected chi connectivity index (χ0v) is 63.9. The van der Waals surface area contributed by atoms with Gasteiger partial charge in [-0.05, 0) is 135 Å². The zero-order chi connectivity index (χ0) is 72.3. The first kappa shape index (κ1) is 94.9. The highest BCUT2D eigenvalue weighted by molar-refractivity contribution is 7.47. The number of hydrogen-bond acceptors (Lipinski definition) is 14. The molecular weight excluding hydrogens is 1290 g/mol. The lowest BCUT2D eigenvalue weighted by atomic mass is 10.1. The van der Waals surface area contributed by atoms with Gasteiger partial charge in [0.25, 0.3) is 0 Å². The first-order valence-electron chi connectivity index (χ1n) is 38.8. The van der Waals surface area contributed by atoms with E-state index in [0.717, 1.165) is 154 Å². The molecule has 0 aliphatic heterocycles. The quantitative estimate of drug-likeness (QED) is 0.0146. The van der Waals surface area contributed by atoms with Crippen molar-refractivity contribution in [3.05, 3.63) is 122 Å². The van der Waals surface area contributed by atoms with Crippen molar-refractivity contribution in [2.24, 2.45) is 0 Å². The Hall–Kier alpha value is -4.05. The Balaban J connectivity index is 4.57. The Morgan fingerprint density at radius 2 is 0.525 bits per heavy atom. The van der Waals surface area contributed by atoms with Gasteiger partial charge < -0.3 is 34.2 Å². The Morgan fingerprint density at radius 3 is 0.838 bits per heavy atom. The fourth-order valence-electron chi connectivity index (χ4n) is 10.2. The van der Waals surface area contributed by atoms with Gasteiger partial charge in [0, 0.05) is 19.3 Å². The van der Waals surface area contributed by atoms with Crippen LogP contribution in [-0.2, 0) is 55.8 Å². The molecular formula is C81H140O16P2. The predicted molar refractivity (Wildman–Crippen MR) is 408 cm³/mol. The second-order valence-corrected chi connectivity index (χ2v) is 28.7. The lowest BCUT2D eigenvalue weighted by Gasteiger charge is -2.21. The van der Waals surface area contributed by atoms with E-state index in [1.54, 1.807) is 0 Å². The second-order valence-electron chi connectivity index (χ2n) is 25.8. The fourth-order valence-corrected chi connectivity index (χ4v) is 11.7. The second kappa shape index (κ2) is 73.7. The molecule has 0 fully saturated rings. The molecule has 0 spiro atoms. The third-order valence-electron chi connectivity index (χ3n) is 16.1. The van der Waals surface area contributed by atoms with Crippen molar-refractivity contribution in [3.8, 4) is 0 Å². The van der Waals surface area contributed by atoms with Gasteiger partial charge in [0.1, 0.15) is 25.4 Å². The largest absolute Gasteiger partial charge is 0.472 e. The summed E-state index contributed by atoms with van der Waals surface area (Å²) in [5, 5.41) is 20.6. The minimum Gasteiger partial charge on any atom is -0.463 e. The molecule has 5 atom stereocenters. The summed E-state index contributed by atoms with van der Waals surface area (Å²) in [4.78, 5) is 58.6. The third kappa shape index (κ3) is 74.9. The van der Waals surface area contributed by atoms with Gasteiger partial charge in [-0.15, -0.1) is 0 Å². The molecule has 5 unspecified atom stereocenters. The molecule has 0 rings (SSSR count). The Labute approximate surface area is 602 Å². The molecule has 18 heteroatoms. The van der Waals surface area contributed by atoms with E-state index in [0.29, 0.717) is 19.3 Å². The van der Waals surface area contributed by atoms with E-state index >= 15 is 0 Å². The molecule has 0 heterocycles. The van der Waals surface area contributed by atoms with Crippen molar-refractivity contribution < 1.29 is 75.8 Å². The number of carbonyl (C=O) groups is 3. The Bertz CT molecular complexity index is 2290. The number of hydrogen-bond donors (Lipinski definition) is 4. The van der Waals surface area contributed by atoms with Crippen molar-refractivity contribution in [3.63, 3.8) is 0 Å². The lowest BCUT2D eigenvalue weighted by Crippen LogP contribution is -2.30. The van der Waals surface area contributed by atoms with E-state index in [9.17, 15) is 43.5 Å². The summed E-state index contributed by atoms with van der Waals surface area (Å²) in [5.41, 5.74) is 0. The number of aliphatic hydroxyl groups excluding tert-OH is 2. The van der Waals surface area contributed by atoms with E-state index in [1.165, 1.54) is 103 Å². The van der Waals surface area contributed by atoms with Crippen molar-refractivity contribution >= 4 is 33.6 Å². The molecule has 0 bridgehead atoms. The van der Waals surface area contributed by atoms with Crippen molar-refractivity contribution in [2.75, 3.05) is 39.6 Å². The summed E-state index contributed by atoms with van der Waals surface area (Å²) >= 11 is 0. The maximum atomic E-state index is 12.9. The molecule has 4 N–H and O–H groups in total. The highest BCUT2D eigenvalue weighted by Crippen LogP contribution is 2.45. The number of allylic oxidation sites excluding steroid dienone is 20. The Morgan fingerprint density at radius 1 is 0.283 bits per heavy atom. The molecule has 0 aromatic carbocycles. The minimum atomic E-state index is -4.94. The summed E-state index contributed by atoms with van der Waals surface area (Å²) < 4.78 is 61.1.